The zero-order valence-electron chi connectivity index (χ0n) is 20.5. The predicted molar refractivity (Wildman–Crippen MR) is 140 cm³/mol. The van der Waals surface area contributed by atoms with Gasteiger partial charge in [0.1, 0.15) is 5.39 Å². The molecule has 0 aliphatic carbocycles. The molecule has 180 valence electrons. The Morgan fingerprint density at radius 1 is 1.17 bits per heavy atom. The molecule has 1 aliphatic rings. The van der Waals surface area contributed by atoms with Crippen LogP contribution in [0.5, 0.6) is 0 Å². The van der Waals surface area contributed by atoms with Crippen molar-refractivity contribution in [2.24, 2.45) is 0 Å². The smallest absolute Gasteiger partial charge is 0.278 e. The summed E-state index contributed by atoms with van der Waals surface area (Å²) in [5.41, 5.74) is 5.60. The van der Waals surface area contributed by atoms with Crippen LogP contribution in [-0.2, 0) is 24.9 Å². The number of rotatable bonds is 5. The molecule has 0 fully saturated rings. The van der Waals surface area contributed by atoms with Gasteiger partial charge in [-0.1, -0.05) is 32.9 Å². The minimum absolute atomic E-state index is 0.134. The summed E-state index contributed by atoms with van der Waals surface area (Å²) in [6.07, 6.45) is 7.24. The SMILES string of the molecule is C=CCn1c(=O)c2cnc(Nc3ccc4c(c3)CCCNC4)nc2n1-c1ccnc(C(C)(C)C)c1. The largest absolute Gasteiger partial charge is 0.324 e. The number of aryl methyl sites for hydroxylation is 1. The fourth-order valence-corrected chi connectivity index (χ4v) is 4.46. The number of allylic oxidation sites excluding steroid dienone is 1. The van der Waals surface area contributed by atoms with E-state index in [0.29, 0.717) is 23.5 Å². The third-order valence-corrected chi connectivity index (χ3v) is 6.31. The van der Waals surface area contributed by atoms with Crippen molar-refractivity contribution >= 4 is 22.7 Å². The number of benzene rings is 1. The number of aromatic nitrogens is 5. The van der Waals surface area contributed by atoms with Gasteiger partial charge in [-0.05, 0) is 54.8 Å². The number of hydrogen-bond acceptors (Lipinski definition) is 6. The van der Waals surface area contributed by atoms with Crippen molar-refractivity contribution in [3.05, 3.63) is 82.6 Å². The van der Waals surface area contributed by atoms with Crippen LogP contribution in [0.25, 0.3) is 16.7 Å². The van der Waals surface area contributed by atoms with E-state index in [1.165, 1.54) is 11.1 Å². The molecule has 1 aliphatic heterocycles. The Kier molecular flexibility index (Phi) is 5.98. The number of anilines is 2. The molecule has 0 atom stereocenters. The van der Waals surface area contributed by atoms with Gasteiger partial charge < -0.3 is 10.6 Å². The summed E-state index contributed by atoms with van der Waals surface area (Å²) < 4.78 is 3.47. The first-order chi connectivity index (χ1) is 16.8. The van der Waals surface area contributed by atoms with E-state index in [0.717, 1.165) is 43.0 Å². The molecule has 2 N–H and O–H groups in total. The van der Waals surface area contributed by atoms with Gasteiger partial charge in [-0.2, -0.15) is 4.98 Å². The third kappa shape index (κ3) is 4.49. The molecule has 0 unspecified atom stereocenters. The number of hydrogen-bond donors (Lipinski definition) is 2. The van der Waals surface area contributed by atoms with E-state index >= 15 is 0 Å². The molecular weight excluding hydrogens is 438 g/mol. The number of pyridine rings is 1. The van der Waals surface area contributed by atoms with Crippen molar-refractivity contribution in [1.29, 1.82) is 0 Å². The van der Waals surface area contributed by atoms with Gasteiger partial charge in [0.2, 0.25) is 5.95 Å². The first-order valence-corrected chi connectivity index (χ1v) is 12.0. The van der Waals surface area contributed by atoms with Crippen LogP contribution in [0.1, 0.15) is 44.0 Å². The van der Waals surface area contributed by atoms with Gasteiger partial charge in [-0.3, -0.25) is 9.78 Å². The van der Waals surface area contributed by atoms with Gasteiger partial charge in [0.15, 0.2) is 5.65 Å². The Balaban J connectivity index is 1.60. The number of nitrogens with zero attached hydrogens (tertiary/aromatic N) is 5. The Hall–Kier alpha value is -3.78. The minimum Gasteiger partial charge on any atom is -0.324 e. The van der Waals surface area contributed by atoms with E-state index in [2.05, 4.69) is 60.1 Å². The lowest BCUT2D eigenvalue weighted by atomic mass is 9.91. The van der Waals surface area contributed by atoms with Crippen molar-refractivity contribution in [1.82, 2.24) is 29.6 Å². The normalized spacial score (nSPS) is 13.9. The van der Waals surface area contributed by atoms with Crippen molar-refractivity contribution in [3.8, 4) is 5.69 Å². The highest BCUT2D eigenvalue weighted by Gasteiger charge is 2.20. The molecule has 35 heavy (non-hydrogen) atoms. The average molecular weight is 470 g/mol. The highest BCUT2D eigenvalue weighted by molar-refractivity contribution is 5.77. The maximum Gasteiger partial charge on any atom is 0.278 e. The lowest BCUT2D eigenvalue weighted by Gasteiger charge is -2.19. The standard InChI is InChI=1S/C27H31N7O/c1-5-13-33-25(35)22-17-30-26(31-20-9-8-19-16-28-11-6-7-18(19)14-20)32-24(22)34(33)21-10-12-29-23(15-21)27(2,3)4/h5,8-10,12,14-15,17,28H,1,6-7,11,13,16H2,2-4H3,(H,30,31,32). The Morgan fingerprint density at radius 3 is 2.83 bits per heavy atom. The van der Waals surface area contributed by atoms with Crippen LogP contribution in [0.4, 0.5) is 11.6 Å². The van der Waals surface area contributed by atoms with Crippen LogP contribution in [-0.4, -0.2) is 30.9 Å². The molecule has 4 heterocycles. The van der Waals surface area contributed by atoms with Gasteiger partial charge in [0.05, 0.1) is 12.2 Å². The van der Waals surface area contributed by atoms with Crippen LogP contribution in [0.2, 0.25) is 0 Å². The lowest BCUT2D eigenvalue weighted by Crippen LogP contribution is -2.22. The molecule has 8 heteroatoms. The molecule has 0 saturated carbocycles. The van der Waals surface area contributed by atoms with Crippen molar-refractivity contribution < 1.29 is 0 Å². The summed E-state index contributed by atoms with van der Waals surface area (Å²) in [5, 5.41) is 7.25. The second-order valence-corrected chi connectivity index (χ2v) is 9.96. The molecule has 5 rings (SSSR count). The zero-order valence-corrected chi connectivity index (χ0v) is 20.5. The quantitative estimate of drug-likeness (QED) is 0.425. The summed E-state index contributed by atoms with van der Waals surface area (Å²) in [6, 6.07) is 10.3. The maximum atomic E-state index is 13.2. The van der Waals surface area contributed by atoms with Crippen molar-refractivity contribution in [2.45, 2.75) is 52.1 Å². The maximum absolute atomic E-state index is 13.2. The first-order valence-electron chi connectivity index (χ1n) is 12.0. The topological polar surface area (TPSA) is 89.7 Å². The van der Waals surface area contributed by atoms with Crippen LogP contribution >= 0.6 is 0 Å². The molecule has 0 amide bonds. The van der Waals surface area contributed by atoms with E-state index in [4.69, 9.17) is 4.98 Å². The molecule has 0 radical (unpaired) electrons. The highest BCUT2D eigenvalue weighted by atomic mass is 16.1. The van der Waals surface area contributed by atoms with Crippen molar-refractivity contribution in [3.63, 3.8) is 0 Å². The summed E-state index contributed by atoms with van der Waals surface area (Å²) >= 11 is 0. The first kappa shape index (κ1) is 23.0. The molecule has 8 nitrogen and oxygen atoms in total. The van der Waals surface area contributed by atoms with E-state index in [-0.39, 0.29) is 11.0 Å². The minimum atomic E-state index is -0.155. The average Bonchev–Trinajstić information content (AvgIpc) is 2.97. The molecule has 1 aromatic carbocycles. The van der Waals surface area contributed by atoms with Crippen molar-refractivity contribution in [2.75, 3.05) is 11.9 Å². The fourth-order valence-electron chi connectivity index (χ4n) is 4.46. The predicted octanol–water partition coefficient (Wildman–Crippen LogP) is 4.24. The van der Waals surface area contributed by atoms with Gasteiger partial charge in [0, 0.05) is 35.7 Å². The molecule has 4 aromatic rings. The Morgan fingerprint density at radius 2 is 2.03 bits per heavy atom. The summed E-state index contributed by atoms with van der Waals surface area (Å²) in [5.74, 6) is 0.443. The van der Waals surface area contributed by atoms with Gasteiger partial charge >= 0.3 is 0 Å². The van der Waals surface area contributed by atoms with E-state index in [1.54, 1.807) is 23.2 Å². The van der Waals surface area contributed by atoms with Gasteiger partial charge in [0.25, 0.3) is 5.56 Å². The lowest BCUT2D eigenvalue weighted by molar-refractivity contribution is 0.563. The van der Waals surface area contributed by atoms with Gasteiger partial charge in [-0.25, -0.2) is 14.3 Å². The molecule has 0 spiro atoms. The second kappa shape index (κ2) is 9.11. The Labute approximate surface area is 204 Å². The monoisotopic (exact) mass is 469 g/mol. The molecule has 3 aromatic heterocycles. The molecular formula is C27H31N7O. The van der Waals surface area contributed by atoms with E-state index in [1.807, 2.05) is 22.9 Å². The van der Waals surface area contributed by atoms with Crippen LogP contribution < -0.4 is 16.2 Å². The second-order valence-electron chi connectivity index (χ2n) is 9.96. The summed E-state index contributed by atoms with van der Waals surface area (Å²) in [4.78, 5) is 27.0. The molecule has 0 bridgehead atoms. The van der Waals surface area contributed by atoms with E-state index < -0.39 is 0 Å². The van der Waals surface area contributed by atoms with Crippen LogP contribution in [0.3, 0.4) is 0 Å². The fraction of sp³-hybridized carbons (Fsp3) is 0.333. The molecule has 0 saturated heterocycles. The van der Waals surface area contributed by atoms with E-state index in [9.17, 15) is 4.79 Å². The summed E-state index contributed by atoms with van der Waals surface area (Å²) in [6.45, 7) is 12.5. The summed E-state index contributed by atoms with van der Waals surface area (Å²) in [7, 11) is 0. The Bertz CT molecular complexity index is 1460. The zero-order chi connectivity index (χ0) is 24.6. The third-order valence-electron chi connectivity index (χ3n) is 6.31. The highest BCUT2D eigenvalue weighted by Crippen LogP contribution is 2.25. The van der Waals surface area contributed by atoms with Crippen LogP contribution in [0.15, 0.2) is 60.2 Å². The van der Waals surface area contributed by atoms with Gasteiger partial charge in [-0.15, -0.1) is 6.58 Å². The number of nitrogens with one attached hydrogen (secondary N) is 2. The van der Waals surface area contributed by atoms with Crippen LogP contribution in [0, 0.1) is 0 Å². The number of fused-ring (bicyclic) bond motifs is 2.